The molecule has 1 atom stereocenters. The number of hydrogen-bond acceptors (Lipinski definition) is 4. The van der Waals surface area contributed by atoms with E-state index >= 15 is 0 Å². The van der Waals surface area contributed by atoms with Crippen LogP contribution < -0.4 is 5.32 Å². The smallest absolute Gasteiger partial charge is 0.315 e. The SMILES string of the molecule is CCCNC(CC)CCCSCC(=O)OC. The molecule has 16 heavy (non-hydrogen) atoms. The first-order valence-corrected chi connectivity index (χ1v) is 7.28. The zero-order chi connectivity index (χ0) is 12.2. The van der Waals surface area contributed by atoms with E-state index in [0.717, 1.165) is 18.7 Å². The lowest BCUT2D eigenvalue weighted by atomic mass is 10.1. The highest BCUT2D eigenvalue weighted by Crippen LogP contribution is 2.08. The zero-order valence-corrected chi connectivity index (χ0v) is 11.6. The highest BCUT2D eigenvalue weighted by Gasteiger charge is 2.05. The lowest BCUT2D eigenvalue weighted by Crippen LogP contribution is -2.29. The van der Waals surface area contributed by atoms with E-state index in [9.17, 15) is 4.79 Å². The van der Waals surface area contributed by atoms with Gasteiger partial charge in [0.2, 0.25) is 0 Å². The van der Waals surface area contributed by atoms with Crippen molar-refractivity contribution in [1.82, 2.24) is 5.32 Å². The Morgan fingerprint density at radius 3 is 2.75 bits per heavy atom. The van der Waals surface area contributed by atoms with Crippen LogP contribution in [-0.4, -0.2) is 37.2 Å². The molecule has 0 heterocycles. The third kappa shape index (κ3) is 9.04. The van der Waals surface area contributed by atoms with Crippen LogP contribution in [0.25, 0.3) is 0 Å². The molecule has 0 aliphatic rings. The molecule has 1 unspecified atom stereocenters. The Labute approximate surface area is 104 Å². The normalized spacial score (nSPS) is 12.4. The number of hydrogen-bond donors (Lipinski definition) is 1. The fraction of sp³-hybridized carbons (Fsp3) is 0.917. The molecule has 0 amide bonds. The Balaban J connectivity index is 3.37. The molecule has 3 nitrogen and oxygen atoms in total. The van der Waals surface area contributed by atoms with Crippen LogP contribution in [0, 0.1) is 0 Å². The molecule has 96 valence electrons. The van der Waals surface area contributed by atoms with E-state index in [4.69, 9.17) is 0 Å². The van der Waals surface area contributed by atoms with Gasteiger partial charge in [0.05, 0.1) is 12.9 Å². The maximum Gasteiger partial charge on any atom is 0.315 e. The van der Waals surface area contributed by atoms with Crippen LogP contribution >= 0.6 is 11.8 Å². The first-order chi connectivity index (χ1) is 7.74. The summed E-state index contributed by atoms with van der Waals surface area (Å²) >= 11 is 1.66. The maximum atomic E-state index is 10.9. The standard InChI is InChI=1S/C12H25NO2S/c1-4-8-13-11(5-2)7-6-9-16-10-12(14)15-3/h11,13H,4-10H2,1-3H3. The number of rotatable bonds is 10. The molecule has 0 saturated carbocycles. The average Bonchev–Trinajstić information content (AvgIpc) is 2.32. The molecule has 0 rings (SSSR count). The van der Waals surface area contributed by atoms with Gasteiger partial charge in [-0.05, 0) is 38.0 Å². The Hall–Kier alpha value is -0.220. The second-order valence-electron chi connectivity index (χ2n) is 3.83. The van der Waals surface area contributed by atoms with Crippen LogP contribution in [0.5, 0.6) is 0 Å². The monoisotopic (exact) mass is 247 g/mol. The van der Waals surface area contributed by atoms with Gasteiger partial charge < -0.3 is 10.1 Å². The average molecular weight is 247 g/mol. The van der Waals surface area contributed by atoms with Crippen molar-refractivity contribution in [2.75, 3.05) is 25.2 Å². The molecule has 4 heteroatoms. The molecule has 0 saturated heterocycles. The van der Waals surface area contributed by atoms with Crippen molar-refractivity contribution in [3.05, 3.63) is 0 Å². The van der Waals surface area contributed by atoms with Crippen molar-refractivity contribution in [2.45, 2.75) is 45.6 Å². The molecule has 0 bridgehead atoms. The van der Waals surface area contributed by atoms with Crippen LogP contribution in [0.2, 0.25) is 0 Å². The highest BCUT2D eigenvalue weighted by atomic mass is 32.2. The van der Waals surface area contributed by atoms with Gasteiger partial charge in [0.25, 0.3) is 0 Å². The lowest BCUT2D eigenvalue weighted by molar-refractivity contribution is -0.137. The summed E-state index contributed by atoms with van der Waals surface area (Å²) < 4.78 is 4.58. The summed E-state index contributed by atoms with van der Waals surface area (Å²) in [4.78, 5) is 10.9. The van der Waals surface area contributed by atoms with Gasteiger partial charge in [0, 0.05) is 6.04 Å². The minimum Gasteiger partial charge on any atom is -0.468 e. The second kappa shape index (κ2) is 11.3. The highest BCUT2D eigenvalue weighted by molar-refractivity contribution is 7.99. The van der Waals surface area contributed by atoms with Gasteiger partial charge in [0.1, 0.15) is 0 Å². The minimum absolute atomic E-state index is 0.124. The van der Waals surface area contributed by atoms with Gasteiger partial charge in [0.15, 0.2) is 0 Å². The zero-order valence-electron chi connectivity index (χ0n) is 10.8. The Morgan fingerprint density at radius 2 is 2.19 bits per heavy atom. The number of methoxy groups -OCH3 is 1. The Kier molecular flexibility index (Phi) is 11.1. The Bertz CT molecular complexity index is 176. The lowest BCUT2D eigenvalue weighted by Gasteiger charge is -2.15. The van der Waals surface area contributed by atoms with Gasteiger partial charge in [-0.2, -0.15) is 11.8 Å². The molecular weight excluding hydrogens is 222 g/mol. The molecule has 0 radical (unpaired) electrons. The van der Waals surface area contributed by atoms with E-state index in [1.54, 1.807) is 11.8 Å². The number of thioether (sulfide) groups is 1. The van der Waals surface area contributed by atoms with E-state index in [2.05, 4.69) is 23.9 Å². The fourth-order valence-corrected chi connectivity index (χ4v) is 2.24. The van der Waals surface area contributed by atoms with Gasteiger partial charge >= 0.3 is 5.97 Å². The summed E-state index contributed by atoms with van der Waals surface area (Å²) in [5.41, 5.74) is 0. The molecule has 0 aliphatic carbocycles. The predicted octanol–water partition coefficient (Wildman–Crippen LogP) is 2.45. The van der Waals surface area contributed by atoms with Crippen molar-refractivity contribution in [3.63, 3.8) is 0 Å². The third-order valence-corrected chi connectivity index (χ3v) is 3.48. The van der Waals surface area contributed by atoms with Gasteiger partial charge in [-0.15, -0.1) is 0 Å². The molecule has 1 N–H and O–H groups in total. The van der Waals surface area contributed by atoms with E-state index in [0.29, 0.717) is 11.8 Å². The molecule has 0 fully saturated rings. The van der Waals surface area contributed by atoms with Gasteiger partial charge in [-0.3, -0.25) is 4.79 Å². The molecule has 0 aromatic rings. The summed E-state index contributed by atoms with van der Waals surface area (Å²) in [7, 11) is 1.44. The van der Waals surface area contributed by atoms with E-state index in [-0.39, 0.29) is 5.97 Å². The predicted molar refractivity (Wildman–Crippen MR) is 70.9 cm³/mol. The first-order valence-electron chi connectivity index (χ1n) is 6.12. The molecule has 0 aromatic carbocycles. The number of esters is 1. The summed E-state index contributed by atoms with van der Waals surface area (Å²) in [5, 5.41) is 3.53. The molecule has 0 spiro atoms. The largest absolute Gasteiger partial charge is 0.468 e. The molecule has 0 aliphatic heterocycles. The maximum absolute atomic E-state index is 10.9. The van der Waals surface area contributed by atoms with E-state index in [1.165, 1.54) is 26.4 Å². The van der Waals surface area contributed by atoms with Crippen molar-refractivity contribution in [3.8, 4) is 0 Å². The summed E-state index contributed by atoms with van der Waals surface area (Å²) in [6.45, 7) is 5.51. The Morgan fingerprint density at radius 1 is 1.44 bits per heavy atom. The molecular formula is C12H25NO2S. The summed E-state index contributed by atoms with van der Waals surface area (Å²) in [6.07, 6.45) is 4.73. The number of carbonyl (C=O) groups excluding carboxylic acids is 1. The quantitative estimate of drug-likeness (QED) is 0.475. The number of carbonyl (C=O) groups is 1. The van der Waals surface area contributed by atoms with Crippen LogP contribution in [-0.2, 0) is 9.53 Å². The number of ether oxygens (including phenoxy) is 1. The van der Waals surface area contributed by atoms with E-state index in [1.807, 2.05) is 0 Å². The van der Waals surface area contributed by atoms with Crippen LogP contribution in [0.15, 0.2) is 0 Å². The third-order valence-electron chi connectivity index (χ3n) is 2.46. The summed E-state index contributed by atoms with van der Waals surface area (Å²) in [5.74, 6) is 1.40. The van der Waals surface area contributed by atoms with Crippen LogP contribution in [0.4, 0.5) is 0 Å². The van der Waals surface area contributed by atoms with Crippen molar-refractivity contribution in [2.24, 2.45) is 0 Å². The van der Waals surface area contributed by atoms with Crippen molar-refractivity contribution in [1.29, 1.82) is 0 Å². The first kappa shape index (κ1) is 15.8. The van der Waals surface area contributed by atoms with Gasteiger partial charge in [-0.1, -0.05) is 13.8 Å². The minimum atomic E-state index is -0.124. The van der Waals surface area contributed by atoms with Crippen molar-refractivity contribution < 1.29 is 9.53 Å². The summed E-state index contributed by atoms with van der Waals surface area (Å²) in [6, 6.07) is 0.638. The second-order valence-corrected chi connectivity index (χ2v) is 4.94. The van der Waals surface area contributed by atoms with E-state index < -0.39 is 0 Å². The van der Waals surface area contributed by atoms with Crippen LogP contribution in [0.1, 0.15) is 39.5 Å². The van der Waals surface area contributed by atoms with Crippen LogP contribution in [0.3, 0.4) is 0 Å². The molecule has 0 aromatic heterocycles. The fourth-order valence-electron chi connectivity index (χ4n) is 1.45. The number of nitrogens with one attached hydrogen (secondary N) is 1. The topological polar surface area (TPSA) is 38.3 Å². The van der Waals surface area contributed by atoms with Gasteiger partial charge in [-0.25, -0.2) is 0 Å². The van der Waals surface area contributed by atoms with Crippen molar-refractivity contribution >= 4 is 17.7 Å².